The van der Waals surface area contributed by atoms with Crippen molar-refractivity contribution >= 4 is 29.2 Å². The molecule has 1 N–H and O–H groups in total. The molecule has 2 spiro atoms. The van der Waals surface area contributed by atoms with Gasteiger partial charge in [-0.15, -0.1) is 11.6 Å². The number of pyridine rings is 2. The first-order valence-electron chi connectivity index (χ1n) is 15.0. The molecule has 1 aromatic carbocycles. The van der Waals surface area contributed by atoms with Crippen LogP contribution in [0.25, 0.3) is 0 Å². The Balaban J connectivity index is 1.20. The van der Waals surface area contributed by atoms with E-state index >= 15 is 0 Å². The van der Waals surface area contributed by atoms with Crippen molar-refractivity contribution in [3.8, 4) is 11.8 Å². The van der Waals surface area contributed by atoms with Gasteiger partial charge < -0.3 is 10.2 Å². The Kier molecular flexibility index (Phi) is 6.98. The number of hydrogen-bond donors (Lipinski definition) is 1. The van der Waals surface area contributed by atoms with E-state index in [-0.39, 0.29) is 18.4 Å². The fraction of sp³-hybridized carbons (Fsp3) is 0.412. The molecular weight excluding hydrogens is 584 g/mol. The predicted molar refractivity (Wildman–Crippen MR) is 162 cm³/mol. The minimum atomic E-state index is -1.03. The first-order chi connectivity index (χ1) is 21.2. The van der Waals surface area contributed by atoms with Crippen LogP contribution < -0.4 is 5.32 Å². The van der Waals surface area contributed by atoms with Crippen LogP contribution in [0.4, 0.5) is 14.6 Å². The van der Waals surface area contributed by atoms with Gasteiger partial charge in [-0.2, -0.15) is 0 Å². The van der Waals surface area contributed by atoms with Crippen molar-refractivity contribution in [2.75, 3.05) is 30.8 Å². The van der Waals surface area contributed by atoms with E-state index < -0.39 is 28.1 Å². The Labute approximate surface area is 260 Å². The van der Waals surface area contributed by atoms with Gasteiger partial charge in [0.2, 0.25) is 11.8 Å². The van der Waals surface area contributed by atoms with Crippen LogP contribution in [0.5, 0.6) is 0 Å². The molecule has 2 fully saturated rings. The molecule has 0 radical (unpaired) electrons. The average Bonchev–Trinajstić information content (AvgIpc) is 3.70. The molecule has 7 rings (SSSR count). The number of alkyl halides is 1. The number of benzene rings is 1. The first kappa shape index (κ1) is 28.9. The number of amides is 2. The number of aromatic nitrogens is 2. The van der Waals surface area contributed by atoms with Gasteiger partial charge >= 0.3 is 0 Å². The highest BCUT2D eigenvalue weighted by molar-refractivity contribution is 6.18. The lowest BCUT2D eigenvalue weighted by Gasteiger charge is -2.56. The van der Waals surface area contributed by atoms with Crippen molar-refractivity contribution < 1.29 is 18.4 Å². The molecule has 7 nitrogen and oxygen atoms in total. The molecular formula is C34H32ClF2N5O2. The standard InChI is InChI=1S/C34H32ClF2N5O2/c1-32(24-15-25(36)17-26(37)16-24)21-41(13-10-35)34(8-2-3-9-34)31(44)42(32)12-5-6-22-14-23-18-33(19-28(23)39-20-22)27-7-4-11-38-29(27)40-30(33)43/h4,7,11,14-17,20H,2-3,8-10,12-13,18-19,21H2,1H3,(H,38,40,43)/t32-,33-/m0/s1. The lowest BCUT2D eigenvalue weighted by molar-refractivity contribution is -0.163. The maximum absolute atomic E-state index is 14.5. The smallest absolute Gasteiger partial charge is 0.244 e. The molecule has 2 aliphatic carbocycles. The molecule has 44 heavy (non-hydrogen) atoms. The van der Waals surface area contributed by atoms with Gasteiger partial charge in [0.1, 0.15) is 23.0 Å². The summed E-state index contributed by atoms with van der Waals surface area (Å²) in [6.45, 7) is 2.81. The highest BCUT2D eigenvalue weighted by Gasteiger charge is 2.57. The summed E-state index contributed by atoms with van der Waals surface area (Å²) in [6, 6.07) is 9.18. The van der Waals surface area contributed by atoms with E-state index in [1.165, 1.54) is 12.1 Å². The van der Waals surface area contributed by atoms with E-state index in [9.17, 15) is 18.4 Å². The van der Waals surface area contributed by atoms with Crippen molar-refractivity contribution in [1.29, 1.82) is 0 Å². The van der Waals surface area contributed by atoms with E-state index in [0.717, 1.165) is 35.7 Å². The molecule has 10 heteroatoms. The Hall–Kier alpha value is -3.87. The molecule has 4 aliphatic rings. The Bertz CT molecular complexity index is 1730. The van der Waals surface area contributed by atoms with E-state index in [2.05, 4.69) is 32.0 Å². The van der Waals surface area contributed by atoms with E-state index in [0.29, 0.717) is 61.6 Å². The number of piperazine rings is 1. The van der Waals surface area contributed by atoms with Crippen molar-refractivity contribution in [2.45, 2.75) is 61.9 Å². The van der Waals surface area contributed by atoms with Crippen molar-refractivity contribution in [2.24, 2.45) is 0 Å². The SMILES string of the molecule is C[C@@]1(c2cc(F)cc(F)c2)CN(CCCl)C2(CCCC2)C(=O)N1CC#Cc1cnc2c(c1)C[C@@]1(C2)C(=O)Nc2ncccc21. The lowest BCUT2D eigenvalue weighted by Crippen LogP contribution is -2.71. The zero-order chi connectivity index (χ0) is 30.7. The number of halogens is 3. The number of nitrogens with zero attached hydrogens (tertiary/aromatic N) is 4. The monoisotopic (exact) mass is 615 g/mol. The topological polar surface area (TPSA) is 78.4 Å². The molecule has 226 valence electrons. The highest BCUT2D eigenvalue weighted by Crippen LogP contribution is 2.47. The quantitative estimate of drug-likeness (QED) is 0.340. The summed E-state index contributed by atoms with van der Waals surface area (Å²) < 4.78 is 28.9. The summed E-state index contributed by atoms with van der Waals surface area (Å²) in [5.41, 5.74) is 1.30. The van der Waals surface area contributed by atoms with Gasteiger partial charge in [-0.1, -0.05) is 30.7 Å². The van der Waals surface area contributed by atoms with Crippen molar-refractivity contribution in [3.05, 3.63) is 88.4 Å². The van der Waals surface area contributed by atoms with Gasteiger partial charge in [0.15, 0.2) is 0 Å². The number of carbonyl (C=O) groups is 2. The third-order valence-electron chi connectivity index (χ3n) is 10.1. The fourth-order valence-corrected chi connectivity index (χ4v) is 8.07. The Morgan fingerprint density at radius 1 is 1.07 bits per heavy atom. The van der Waals surface area contributed by atoms with E-state index in [1.807, 2.05) is 25.1 Å². The summed E-state index contributed by atoms with van der Waals surface area (Å²) in [7, 11) is 0. The largest absolute Gasteiger partial charge is 0.319 e. The molecule has 2 atom stereocenters. The fourth-order valence-electron chi connectivity index (χ4n) is 7.87. The number of rotatable bonds is 4. The number of nitrogens with one attached hydrogen (secondary N) is 1. The number of carbonyl (C=O) groups excluding carboxylic acids is 2. The van der Waals surface area contributed by atoms with Crippen LogP contribution in [-0.2, 0) is 33.4 Å². The van der Waals surface area contributed by atoms with Crippen LogP contribution in [0.15, 0.2) is 48.8 Å². The lowest BCUT2D eigenvalue weighted by atomic mass is 9.79. The molecule has 2 amide bonds. The average molecular weight is 616 g/mol. The maximum Gasteiger partial charge on any atom is 0.244 e. The normalized spacial score (nSPS) is 25.2. The second kappa shape index (κ2) is 10.6. The summed E-state index contributed by atoms with van der Waals surface area (Å²) in [5, 5.41) is 2.91. The molecule has 2 aromatic heterocycles. The van der Waals surface area contributed by atoms with Crippen LogP contribution in [0.1, 0.15) is 60.6 Å². The summed E-state index contributed by atoms with van der Waals surface area (Å²) in [4.78, 5) is 40.3. The predicted octanol–water partition coefficient (Wildman–Crippen LogP) is 4.71. The maximum atomic E-state index is 14.5. The van der Waals surface area contributed by atoms with Crippen LogP contribution in [0, 0.1) is 23.5 Å². The van der Waals surface area contributed by atoms with E-state index in [4.69, 9.17) is 11.6 Å². The number of hydrogen-bond acceptors (Lipinski definition) is 5. The van der Waals surface area contributed by atoms with Crippen molar-refractivity contribution in [3.63, 3.8) is 0 Å². The Morgan fingerprint density at radius 3 is 2.59 bits per heavy atom. The van der Waals surface area contributed by atoms with Gasteiger partial charge in [0, 0.05) is 60.7 Å². The third kappa shape index (κ3) is 4.41. The third-order valence-corrected chi connectivity index (χ3v) is 10.3. The molecule has 4 heterocycles. The van der Waals surface area contributed by atoms with Gasteiger partial charge in [-0.25, -0.2) is 13.8 Å². The second-order valence-electron chi connectivity index (χ2n) is 12.6. The molecule has 3 aromatic rings. The zero-order valence-electron chi connectivity index (χ0n) is 24.4. The summed E-state index contributed by atoms with van der Waals surface area (Å²) >= 11 is 6.19. The number of anilines is 1. The molecule has 0 bridgehead atoms. The summed E-state index contributed by atoms with van der Waals surface area (Å²) in [5.74, 6) is 5.76. The van der Waals surface area contributed by atoms with E-state index in [1.54, 1.807) is 17.3 Å². The van der Waals surface area contributed by atoms with Crippen LogP contribution in [0.3, 0.4) is 0 Å². The van der Waals surface area contributed by atoms with Crippen LogP contribution in [0.2, 0.25) is 0 Å². The first-order valence-corrected chi connectivity index (χ1v) is 15.6. The highest BCUT2D eigenvalue weighted by atomic mass is 35.5. The minimum absolute atomic E-state index is 0.0717. The van der Waals surface area contributed by atoms with Crippen LogP contribution in [-0.4, -0.2) is 62.6 Å². The molecule has 0 unspecified atom stereocenters. The van der Waals surface area contributed by atoms with Gasteiger partial charge in [-0.3, -0.25) is 19.5 Å². The van der Waals surface area contributed by atoms with Crippen molar-refractivity contribution in [1.82, 2.24) is 19.8 Å². The van der Waals surface area contributed by atoms with Gasteiger partial charge in [0.25, 0.3) is 0 Å². The van der Waals surface area contributed by atoms with Gasteiger partial charge in [-0.05, 0) is 61.6 Å². The van der Waals surface area contributed by atoms with Crippen LogP contribution >= 0.6 is 11.6 Å². The molecule has 2 aliphatic heterocycles. The second-order valence-corrected chi connectivity index (χ2v) is 13.0. The Morgan fingerprint density at radius 2 is 1.84 bits per heavy atom. The van der Waals surface area contributed by atoms with Gasteiger partial charge in [0.05, 0.1) is 17.5 Å². The summed E-state index contributed by atoms with van der Waals surface area (Å²) in [6.07, 6.45) is 7.63. The molecule has 1 saturated carbocycles. The zero-order valence-corrected chi connectivity index (χ0v) is 25.2. The number of fused-ring (bicyclic) bond motifs is 3. The minimum Gasteiger partial charge on any atom is -0.319 e. The molecule has 1 saturated heterocycles.